The molecule has 0 bridgehead atoms. The van der Waals surface area contributed by atoms with Gasteiger partial charge in [0.1, 0.15) is 34.1 Å². The van der Waals surface area contributed by atoms with Crippen LogP contribution < -0.4 is 20.9 Å². The van der Waals surface area contributed by atoms with Crippen molar-refractivity contribution in [2.24, 2.45) is 0 Å². The van der Waals surface area contributed by atoms with Gasteiger partial charge in [-0.25, -0.2) is 0 Å². The molecule has 38 heavy (non-hydrogen) atoms. The molecule has 3 aromatic carbocycles. The fourth-order valence-corrected chi connectivity index (χ4v) is 3.28. The molecule has 0 heterocycles. The van der Waals surface area contributed by atoms with Gasteiger partial charge >= 0.3 is 24.7 Å². The number of rotatable bonds is 4. The number of nitrogens with two attached hydrogens (primary N) is 2. The Bertz CT molecular complexity index is 1220. The summed E-state index contributed by atoms with van der Waals surface area (Å²) >= 11 is 0. The lowest BCUT2D eigenvalue weighted by Gasteiger charge is -2.20. The van der Waals surface area contributed by atoms with Crippen LogP contribution in [0.2, 0.25) is 0 Å². The van der Waals surface area contributed by atoms with E-state index in [0.717, 1.165) is 24.3 Å². The fraction of sp³-hybridized carbons (Fsp3) is 0.182. The number of benzene rings is 3. The van der Waals surface area contributed by atoms with Crippen molar-refractivity contribution in [3.8, 4) is 23.0 Å². The molecular formula is C22H12F12N2O2. The molecule has 4 nitrogen and oxygen atoms in total. The third-order valence-corrected chi connectivity index (χ3v) is 4.87. The Balaban J connectivity index is 1.95. The van der Waals surface area contributed by atoms with Crippen LogP contribution in [0.15, 0.2) is 48.5 Å². The maximum atomic E-state index is 13.4. The van der Waals surface area contributed by atoms with Crippen molar-refractivity contribution in [2.45, 2.75) is 24.7 Å². The minimum absolute atomic E-state index is 0.269. The molecule has 0 saturated carbocycles. The quantitative estimate of drug-likeness (QED) is 0.246. The van der Waals surface area contributed by atoms with E-state index in [4.69, 9.17) is 20.9 Å². The van der Waals surface area contributed by atoms with Gasteiger partial charge in [-0.1, -0.05) is 0 Å². The summed E-state index contributed by atoms with van der Waals surface area (Å²) in [5, 5.41) is 0. The molecule has 0 radical (unpaired) electrons. The lowest BCUT2D eigenvalue weighted by atomic mass is 10.0. The molecular weight excluding hydrogens is 552 g/mol. The van der Waals surface area contributed by atoms with Gasteiger partial charge in [0.25, 0.3) is 0 Å². The average molecular weight is 564 g/mol. The monoisotopic (exact) mass is 564 g/mol. The van der Waals surface area contributed by atoms with Gasteiger partial charge in [-0.3, -0.25) is 0 Å². The molecule has 3 aromatic rings. The minimum atomic E-state index is -5.36. The smallest absolute Gasteiger partial charge is 0.421 e. The number of halogens is 12. The van der Waals surface area contributed by atoms with Crippen LogP contribution in [-0.2, 0) is 24.7 Å². The summed E-state index contributed by atoms with van der Waals surface area (Å²) in [6, 6.07) is 4.82. The highest BCUT2D eigenvalue weighted by atomic mass is 19.4. The van der Waals surface area contributed by atoms with Crippen LogP contribution in [0.4, 0.5) is 64.1 Å². The first-order valence-electron chi connectivity index (χ1n) is 9.80. The van der Waals surface area contributed by atoms with Gasteiger partial charge in [-0.05, 0) is 48.5 Å². The van der Waals surface area contributed by atoms with E-state index in [0.29, 0.717) is 12.1 Å². The molecule has 3 rings (SSSR count). The largest absolute Gasteiger partial charge is 0.457 e. The first-order valence-corrected chi connectivity index (χ1v) is 9.80. The van der Waals surface area contributed by atoms with E-state index in [1.54, 1.807) is 0 Å². The van der Waals surface area contributed by atoms with E-state index in [9.17, 15) is 52.7 Å². The Hall–Kier alpha value is -3.98. The van der Waals surface area contributed by atoms with Crippen LogP contribution in [-0.4, -0.2) is 0 Å². The van der Waals surface area contributed by atoms with Crippen molar-refractivity contribution in [3.63, 3.8) is 0 Å². The summed E-state index contributed by atoms with van der Waals surface area (Å²) in [7, 11) is 0. The zero-order chi connectivity index (χ0) is 28.8. The SMILES string of the molecule is Nc1c(C(F)(F)F)ccc(Oc2ccc(Oc3ccc(C(F)(F)F)c(N)c3C(F)(F)F)cc2)c1C(F)(F)F. The van der Waals surface area contributed by atoms with E-state index < -0.39 is 81.3 Å². The molecule has 0 unspecified atom stereocenters. The Morgan fingerprint density at radius 1 is 0.421 bits per heavy atom. The summed E-state index contributed by atoms with van der Waals surface area (Å²) < 4.78 is 168. The summed E-state index contributed by atoms with van der Waals surface area (Å²) in [6.45, 7) is 0. The molecule has 0 saturated heterocycles. The maximum absolute atomic E-state index is 13.4. The number of nitrogen functional groups attached to an aromatic ring is 2. The van der Waals surface area contributed by atoms with Crippen LogP contribution in [0.3, 0.4) is 0 Å². The molecule has 0 aliphatic rings. The van der Waals surface area contributed by atoms with Gasteiger partial charge in [0.2, 0.25) is 0 Å². The number of hydrogen-bond donors (Lipinski definition) is 2. The van der Waals surface area contributed by atoms with E-state index in [1.165, 1.54) is 0 Å². The molecule has 0 aromatic heterocycles. The summed E-state index contributed by atoms with van der Waals surface area (Å²) in [5.74, 6) is -3.06. The predicted molar refractivity (Wildman–Crippen MR) is 108 cm³/mol. The Morgan fingerprint density at radius 2 is 0.711 bits per heavy atom. The number of hydrogen-bond acceptors (Lipinski definition) is 4. The highest BCUT2D eigenvalue weighted by Gasteiger charge is 2.44. The molecule has 0 aliphatic heterocycles. The second-order valence-electron chi connectivity index (χ2n) is 7.47. The summed E-state index contributed by atoms with van der Waals surface area (Å²) in [5.41, 5.74) is -0.395. The Labute approximate surface area is 204 Å². The van der Waals surface area contributed by atoms with E-state index in [1.807, 2.05) is 0 Å². The van der Waals surface area contributed by atoms with Crippen molar-refractivity contribution < 1.29 is 62.2 Å². The minimum Gasteiger partial charge on any atom is -0.457 e. The molecule has 0 amide bonds. The molecule has 206 valence electrons. The zero-order valence-electron chi connectivity index (χ0n) is 18.1. The average Bonchev–Trinajstić information content (AvgIpc) is 2.71. The van der Waals surface area contributed by atoms with Crippen LogP contribution in [0.1, 0.15) is 22.3 Å². The van der Waals surface area contributed by atoms with Crippen LogP contribution >= 0.6 is 0 Å². The lowest BCUT2D eigenvalue weighted by Crippen LogP contribution is -2.17. The van der Waals surface area contributed by atoms with Gasteiger partial charge in [0.15, 0.2) is 0 Å². The maximum Gasteiger partial charge on any atom is 0.421 e. The Morgan fingerprint density at radius 3 is 0.947 bits per heavy atom. The third-order valence-electron chi connectivity index (χ3n) is 4.87. The topological polar surface area (TPSA) is 70.5 Å². The first kappa shape index (κ1) is 28.6. The van der Waals surface area contributed by atoms with Gasteiger partial charge in [0, 0.05) is 0 Å². The first-order chi connectivity index (χ1) is 17.2. The van der Waals surface area contributed by atoms with E-state index >= 15 is 0 Å². The van der Waals surface area contributed by atoms with E-state index in [-0.39, 0.29) is 12.1 Å². The van der Waals surface area contributed by atoms with Crippen molar-refractivity contribution in [3.05, 3.63) is 70.8 Å². The summed E-state index contributed by atoms with van der Waals surface area (Å²) in [4.78, 5) is 0. The molecule has 0 fully saturated rings. The van der Waals surface area contributed by atoms with Crippen molar-refractivity contribution in [2.75, 3.05) is 11.5 Å². The van der Waals surface area contributed by atoms with E-state index in [2.05, 4.69) is 0 Å². The molecule has 16 heteroatoms. The number of anilines is 2. The van der Waals surface area contributed by atoms with Crippen molar-refractivity contribution >= 4 is 11.4 Å². The van der Waals surface area contributed by atoms with Gasteiger partial charge in [0.05, 0.1) is 22.5 Å². The zero-order valence-corrected chi connectivity index (χ0v) is 18.1. The van der Waals surface area contributed by atoms with Gasteiger partial charge < -0.3 is 20.9 Å². The number of ether oxygens (including phenoxy) is 2. The van der Waals surface area contributed by atoms with Crippen LogP contribution in [0.25, 0.3) is 0 Å². The second kappa shape index (κ2) is 9.40. The normalized spacial score (nSPS) is 12.9. The van der Waals surface area contributed by atoms with Crippen LogP contribution in [0.5, 0.6) is 23.0 Å². The molecule has 0 aliphatic carbocycles. The van der Waals surface area contributed by atoms with Crippen molar-refractivity contribution in [1.82, 2.24) is 0 Å². The van der Waals surface area contributed by atoms with Crippen LogP contribution in [0, 0.1) is 0 Å². The lowest BCUT2D eigenvalue weighted by molar-refractivity contribution is -0.144. The second-order valence-corrected chi connectivity index (χ2v) is 7.47. The number of alkyl halides is 12. The predicted octanol–water partition coefficient (Wildman–Crippen LogP) is 8.51. The highest BCUT2D eigenvalue weighted by Crippen LogP contribution is 2.48. The van der Waals surface area contributed by atoms with Crippen molar-refractivity contribution in [1.29, 1.82) is 0 Å². The molecule has 4 N–H and O–H groups in total. The highest BCUT2D eigenvalue weighted by molar-refractivity contribution is 5.64. The standard InChI is InChI=1S/C22H12F12N2O2/c23-19(24,25)11-5-7-13(15(17(11)35)21(29,30)31)37-9-1-2-10(4-3-9)38-14-8-6-12(20(26,27)28)18(36)16(14)22(32,33)34/h1-8H,35-36H2. The molecule has 0 atom stereocenters. The van der Waals surface area contributed by atoms with Gasteiger partial charge in [-0.2, -0.15) is 52.7 Å². The third kappa shape index (κ3) is 5.94. The summed E-state index contributed by atoms with van der Waals surface area (Å²) in [6.07, 6.45) is -21.1. The van der Waals surface area contributed by atoms with Gasteiger partial charge in [-0.15, -0.1) is 0 Å². The molecule has 0 spiro atoms. The Kier molecular flexibility index (Phi) is 7.07. The fourth-order valence-electron chi connectivity index (χ4n) is 3.28.